The summed E-state index contributed by atoms with van der Waals surface area (Å²) in [5.74, 6) is 0.450. The minimum Gasteiger partial charge on any atom is -0.339 e. The average molecular weight is 365 g/mol. The van der Waals surface area contributed by atoms with E-state index in [4.69, 9.17) is 0 Å². The van der Waals surface area contributed by atoms with Gasteiger partial charge in [0.1, 0.15) is 0 Å². The van der Waals surface area contributed by atoms with Gasteiger partial charge in [0.15, 0.2) is 15.0 Å². The maximum Gasteiger partial charge on any atom is 0.253 e. The van der Waals surface area contributed by atoms with Gasteiger partial charge in [0.2, 0.25) is 0 Å². The lowest BCUT2D eigenvalue weighted by molar-refractivity contribution is 0.0793. The molecule has 0 aromatic heterocycles. The second-order valence-electron chi connectivity index (χ2n) is 6.44. The van der Waals surface area contributed by atoms with Gasteiger partial charge in [0.05, 0.1) is 17.5 Å². The smallest absolute Gasteiger partial charge is 0.253 e. The molecule has 0 aliphatic carbocycles. The van der Waals surface area contributed by atoms with E-state index in [9.17, 15) is 13.2 Å². The van der Waals surface area contributed by atoms with Crippen molar-refractivity contribution in [3.8, 4) is 0 Å². The Balaban J connectivity index is 1.40. The van der Waals surface area contributed by atoms with E-state index in [0.717, 1.165) is 36.8 Å². The highest BCUT2D eigenvalue weighted by Gasteiger charge is 2.42. The summed E-state index contributed by atoms with van der Waals surface area (Å²) in [4.78, 5) is 18.7. The van der Waals surface area contributed by atoms with Crippen LogP contribution in [0, 0.1) is 0 Å². The van der Waals surface area contributed by atoms with Crippen molar-refractivity contribution in [1.29, 1.82) is 0 Å². The van der Waals surface area contributed by atoms with Gasteiger partial charge in [-0.2, -0.15) is 0 Å². The fourth-order valence-electron chi connectivity index (χ4n) is 3.34. The molecular weight excluding hydrogens is 346 g/mol. The van der Waals surface area contributed by atoms with Gasteiger partial charge in [-0.3, -0.25) is 9.79 Å². The molecule has 2 saturated heterocycles. The number of hydrogen-bond donors (Lipinski definition) is 1. The highest BCUT2D eigenvalue weighted by atomic mass is 32.2. The van der Waals surface area contributed by atoms with E-state index in [0.29, 0.717) is 5.56 Å². The molecule has 0 saturated carbocycles. The average Bonchev–Trinajstić information content (AvgIpc) is 3.22. The number of fused-ring (bicyclic) bond motifs is 1. The standard InChI is InChI=1S/C16H19N3O3S2/c20-15(19-7-1-2-8-19)11-3-5-12(6-4-11)17-16-18-13-9-24(21,22)10-14(13)23-16/h3-6,13-14H,1-2,7-10H2,(H,17,18). The quantitative estimate of drug-likeness (QED) is 0.861. The summed E-state index contributed by atoms with van der Waals surface area (Å²) in [6, 6.07) is 7.27. The van der Waals surface area contributed by atoms with Crippen LogP contribution in [0.3, 0.4) is 0 Å². The molecule has 3 aliphatic rings. The molecule has 1 amide bonds. The van der Waals surface area contributed by atoms with Crippen LogP contribution < -0.4 is 5.32 Å². The van der Waals surface area contributed by atoms with Gasteiger partial charge in [0.25, 0.3) is 5.91 Å². The molecule has 0 radical (unpaired) electrons. The summed E-state index contributed by atoms with van der Waals surface area (Å²) in [6.45, 7) is 1.69. The van der Waals surface area contributed by atoms with Crippen molar-refractivity contribution in [1.82, 2.24) is 4.90 Å². The number of amides is 1. The lowest BCUT2D eigenvalue weighted by Crippen LogP contribution is -2.27. The second-order valence-corrected chi connectivity index (χ2v) is 9.82. The maximum atomic E-state index is 12.3. The second kappa shape index (κ2) is 6.07. The number of carbonyl (C=O) groups is 1. The fraction of sp³-hybridized carbons (Fsp3) is 0.500. The normalized spacial score (nSPS) is 27.8. The van der Waals surface area contributed by atoms with Gasteiger partial charge in [-0.15, -0.1) is 0 Å². The Hall–Kier alpha value is -1.54. The molecule has 3 aliphatic heterocycles. The first-order valence-corrected chi connectivity index (χ1v) is 10.8. The zero-order valence-electron chi connectivity index (χ0n) is 13.1. The van der Waals surface area contributed by atoms with Crippen molar-refractivity contribution in [2.75, 3.05) is 29.9 Å². The van der Waals surface area contributed by atoms with Gasteiger partial charge in [-0.25, -0.2) is 8.42 Å². The Morgan fingerprint density at radius 2 is 1.88 bits per heavy atom. The first kappa shape index (κ1) is 16.0. The van der Waals surface area contributed by atoms with Gasteiger partial charge in [-0.1, -0.05) is 11.8 Å². The number of rotatable bonds is 2. The molecule has 6 nitrogen and oxygen atoms in total. The molecule has 1 aromatic rings. The highest BCUT2D eigenvalue weighted by Crippen LogP contribution is 2.34. The van der Waals surface area contributed by atoms with E-state index in [1.807, 2.05) is 29.2 Å². The van der Waals surface area contributed by atoms with Crippen molar-refractivity contribution in [3.05, 3.63) is 29.8 Å². The number of thioether (sulfide) groups is 1. The molecular formula is C16H19N3O3S2. The molecule has 0 bridgehead atoms. The summed E-state index contributed by atoms with van der Waals surface area (Å²) in [7, 11) is -2.92. The minimum absolute atomic E-state index is 0.0357. The molecule has 2 fully saturated rings. The van der Waals surface area contributed by atoms with Crippen molar-refractivity contribution in [2.24, 2.45) is 4.99 Å². The molecule has 3 heterocycles. The zero-order chi connectivity index (χ0) is 16.7. The molecule has 1 aromatic carbocycles. The van der Waals surface area contributed by atoms with Crippen LogP contribution in [-0.2, 0) is 9.84 Å². The van der Waals surface area contributed by atoms with Crippen LogP contribution in [0.15, 0.2) is 29.3 Å². The minimum atomic E-state index is -2.92. The van der Waals surface area contributed by atoms with E-state index in [1.54, 1.807) is 0 Å². The van der Waals surface area contributed by atoms with Gasteiger partial charge >= 0.3 is 0 Å². The number of aliphatic imine (C=N–C) groups is 1. The third-order valence-corrected chi connectivity index (χ3v) is 7.74. The van der Waals surface area contributed by atoms with Gasteiger partial charge in [0, 0.05) is 29.6 Å². The van der Waals surface area contributed by atoms with Gasteiger partial charge < -0.3 is 10.2 Å². The monoisotopic (exact) mass is 365 g/mol. The summed E-state index contributed by atoms with van der Waals surface area (Å²) >= 11 is 1.49. The maximum absolute atomic E-state index is 12.3. The SMILES string of the molecule is O=C(c1ccc(NC2=NC3CS(=O)(=O)CC3S2)cc1)N1CCCC1. The van der Waals surface area contributed by atoms with E-state index < -0.39 is 9.84 Å². The number of likely N-dealkylation sites (tertiary alicyclic amines) is 1. The van der Waals surface area contributed by atoms with Crippen LogP contribution in [-0.4, -0.2) is 60.3 Å². The van der Waals surface area contributed by atoms with E-state index in [1.165, 1.54) is 11.8 Å². The first-order chi connectivity index (χ1) is 11.5. The molecule has 128 valence electrons. The summed E-state index contributed by atoms with van der Waals surface area (Å²) in [6.07, 6.45) is 2.17. The van der Waals surface area contributed by atoms with Crippen LogP contribution in [0.2, 0.25) is 0 Å². The summed E-state index contributed by atoms with van der Waals surface area (Å²) in [5, 5.41) is 4.02. The number of amidine groups is 1. The third-order valence-electron chi connectivity index (χ3n) is 4.59. The topological polar surface area (TPSA) is 78.8 Å². The van der Waals surface area contributed by atoms with E-state index in [2.05, 4.69) is 10.3 Å². The molecule has 2 atom stereocenters. The van der Waals surface area contributed by atoms with E-state index >= 15 is 0 Å². The number of anilines is 1. The molecule has 4 rings (SSSR count). The predicted octanol–water partition coefficient (Wildman–Crippen LogP) is 1.60. The molecule has 0 spiro atoms. The number of carbonyl (C=O) groups excluding carboxylic acids is 1. The highest BCUT2D eigenvalue weighted by molar-refractivity contribution is 8.15. The number of benzene rings is 1. The predicted molar refractivity (Wildman–Crippen MR) is 96.5 cm³/mol. The Kier molecular flexibility index (Phi) is 4.04. The number of nitrogens with one attached hydrogen (secondary N) is 1. The lowest BCUT2D eigenvalue weighted by atomic mass is 10.2. The van der Waals surface area contributed by atoms with Crippen LogP contribution in [0.1, 0.15) is 23.2 Å². The molecule has 24 heavy (non-hydrogen) atoms. The Bertz CT molecular complexity index is 783. The van der Waals surface area contributed by atoms with Crippen LogP contribution in [0.25, 0.3) is 0 Å². The molecule has 8 heteroatoms. The largest absolute Gasteiger partial charge is 0.339 e. The fourth-order valence-corrected chi connectivity index (χ4v) is 7.01. The van der Waals surface area contributed by atoms with Gasteiger partial charge in [-0.05, 0) is 37.1 Å². The summed E-state index contributed by atoms with van der Waals surface area (Å²) in [5.41, 5.74) is 1.56. The number of nitrogens with zero attached hydrogens (tertiary/aromatic N) is 2. The molecule has 1 N–H and O–H groups in total. The third kappa shape index (κ3) is 3.17. The molecule has 2 unspecified atom stereocenters. The Labute approximate surface area is 145 Å². The Morgan fingerprint density at radius 3 is 2.54 bits per heavy atom. The number of hydrogen-bond acceptors (Lipinski definition) is 6. The lowest BCUT2D eigenvalue weighted by Gasteiger charge is -2.15. The number of sulfone groups is 1. The van der Waals surface area contributed by atoms with Crippen molar-refractivity contribution >= 4 is 38.4 Å². The van der Waals surface area contributed by atoms with Crippen molar-refractivity contribution in [3.63, 3.8) is 0 Å². The van der Waals surface area contributed by atoms with Crippen molar-refractivity contribution in [2.45, 2.75) is 24.1 Å². The first-order valence-electron chi connectivity index (χ1n) is 8.11. The van der Waals surface area contributed by atoms with Crippen molar-refractivity contribution < 1.29 is 13.2 Å². The van der Waals surface area contributed by atoms with E-state index in [-0.39, 0.29) is 28.7 Å². The van der Waals surface area contributed by atoms with Crippen LogP contribution in [0.4, 0.5) is 5.69 Å². The zero-order valence-corrected chi connectivity index (χ0v) is 14.8. The van der Waals surface area contributed by atoms with Crippen LogP contribution in [0.5, 0.6) is 0 Å². The van der Waals surface area contributed by atoms with Crippen LogP contribution >= 0.6 is 11.8 Å². The Morgan fingerprint density at radius 1 is 1.17 bits per heavy atom. The summed E-state index contributed by atoms with van der Waals surface area (Å²) < 4.78 is 23.2.